The number of aromatic amines is 1. The first kappa shape index (κ1) is 22.2. The van der Waals surface area contributed by atoms with E-state index in [2.05, 4.69) is 15.5 Å². The van der Waals surface area contributed by atoms with Crippen molar-refractivity contribution in [2.45, 2.75) is 13.8 Å². The molecule has 2 N–H and O–H groups in total. The van der Waals surface area contributed by atoms with Crippen molar-refractivity contribution in [1.82, 2.24) is 10.2 Å². The average Bonchev–Trinajstić information content (AvgIpc) is 3.11. The van der Waals surface area contributed by atoms with Gasteiger partial charge in [-0.15, -0.1) is 11.3 Å². The standard InChI is InChI=1S/C25H21N3O4S/c1-14-15(2)33-24(18(14)25(31)32-3)26-22(29)20-19(16-10-6-4-7-11-16)21(27-28-23(20)30)17-12-8-5-9-13-17/h4-13H,1-3H3,(H,26,29)(H,28,30). The van der Waals surface area contributed by atoms with Gasteiger partial charge in [0.2, 0.25) is 0 Å². The van der Waals surface area contributed by atoms with Crippen molar-refractivity contribution in [3.63, 3.8) is 0 Å². The van der Waals surface area contributed by atoms with Crippen LogP contribution >= 0.6 is 11.3 Å². The second-order valence-corrected chi connectivity index (χ2v) is 8.54. The zero-order valence-electron chi connectivity index (χ0n) is 18.3. The Kier molecular flexibility index (Phi) is 6.19. The van der Waals surface area contributed by atoms with Crippen LogP contribution in [0.25, 0.3) is 22.4 Å². The van der Waals surface area contributed by atoms with Crippen molar-refractivity contribution in [2.24, 2.45) is 0 Å². The minimum atomic E-state index is -0.638. The largest absolute Gasteiger partial charge is 0.465 e. The summed E-state index contributed by atoms with van der Waals surface area (Å²) < 4.78 is 4.89. The van der Waals surface area contributed by atoms with Gasteiger partial charge in [-0.1, -0.05) is 60.7 Å². The molecule has 7 nitrogen and oxygen atoms in total. The molecule has 4 rings (SSSR count). The predicted molar refractivity (Wildman–Crippen MR) is 129 cm³/mol. The topological polar surface area (TPSA) is 101 Å². The van der Waals surface area contributed by atoms with Crippen molar-refractivity contribution in [3.05, 3.63) is 92.6 Å². The van der Waals surface area contributed by atoms with Crippen LogP contribution in [0.1, 0.15) is 31.2 Å². The van der Waals surface area contributed by atoms with Gasteiger partial charge in [0, 0.05) is 16.0 Å². The second kappa shape index (κ2) is 9.22. The summed E-state index contributed by atoms with van der Waals surface area (Å²) in [6.45, 7) is 3.64. The molecule has 0 saturated carbocycles. The maximum atomic E-state index is 13.5. The van der Waals surface area contributed by atoms with E-state index in [0.29, 0.717) is 21.8 Å². The normalized spacial score (nSPS) is 10.6. The van der Waals surface area contributed by atoms with Crippen LogP contribution in [0, 0.1) is 13.8 Å². The Morgan fingerprint density at radius 1 is 0.939 bits per heavy atom. The van der Waals surface area contributed by atoms with Gasteiger partial charge in [0.05, 0.1) is 18.4 Å². The second-order valence-electron chi connectivity index (χ2n) is 7.32. The van der Waals surface area contributed by atoms with E-state index in [1.165, 1.54) is 18.4 Å². The molecule has 1 amide bonds. The number of carbonyl (C=O) groups excluding carboxylic acids is 2. The summed E-state index contributed by atoms with van der Waals surface area (Å²) in [6, 6.07) is 18.5. The van der Waals surface area contributed by atoms with E-state index < -0.39 is 17.4 Å². The van der Waals surface area contributed by atoms with E-state index >= 15 is 0 Å². The number of ether oxygens (including phenoxy) is 1. The van der Waals surface area contributed by atoms with E-state index in [0.717, 1.165) is 16.0 Å². The van der Waals surface area contributed by atoms with Crippen LogP contribution in [0.2, 0.25) is 0 Å². The fraction of sp³-hybridized carbons (Fsp3) is 0.120. The maximum absolute atomic E-state index is 13.5. The Bertz CT molecular complexity index is 1390. The number of esters is 1. The number of benzene rings is 2. The number of anilines is 1. The van der Waals surface area contributed by atoms with Crippen molar-refractivity contribution in [3.8, 4) is 22.4 Å². The van der Waals surface area contributed by atoms with Gasteiger partial charge in [0.1, 0.15) is 10.6 Å². The number of aryl methyl sites for hydroxylation is 1. The molecule has 0 spiro atoms. The number of hydrogen-bond acceptors (Lipinski definition) is 6. The molecule has 0 unspecified atom stereocenters. The smallest absolute Gasteiger partial charge is 0.341 e. The lowest BCUT2D eigenvalue weighted by atomic mass is 9.95. The highest BCUT2D eigenvalue weighted by Gasteiger charge is 2.26. The molecule has 0 atom stereocenters. The van der Waals surface area contributed by atoms with Gasteiger partial charge < -0.3 is 10.1 Å². The third-order valence-electron chi connectivity index (χ3n) is 5.32. The third-order valence-corrected chi connectivity index (χ3v) is 6.44. The number of methoxy groups -OCH3 is 1. The molecule has 2 aromatic heterocycles. The lowest BCUT2D eigenvalue weighted by Gasteiger charge is -2.14. The molecule has 166 valence electrons. The number of carbonyl (C=O) groups is 2. The summed E-state index contributed by atoms with van der Waals surface area (Å²) in [7, 11) is 1.29. The molecule has 2 heterocycles. The van der Waals surface area contributed by atoms with Crippen LogP contribution in [0.5, 0.6) is 0 Å². The van der Waals surface area contributed by atoms with Crippen LogP contribution in [-0.4, -0.2) is 29.2 Å². The summed E-state index contributed by atoms with van der Waals surface area (Å²) >= 11 is 1.26. The van der Waals surface area contributed by atoms with E-state index in [9.17, 15) is 14.4 Å². The third kappa shape index (κ3) is 4.20. The molecule has 0 aliphatic rings. The van der Waals surface area contributed by atoms with Crippen LogP contribution in [0.3, 0.4) is 0 Å². The van der Waals surface area contributed by atoms with Gasteiger partial charge in [-0.3, -0.25) is 9.59 Å². The fourth-order valence-electron chi connectivity index (χ4n) is 3.59. The number of amides is 1. The number of nitrogens with zero attached hydrogens (tertiary/aromatic N) is 1. The molecule has 0 aliphatic carbocycles. The average molecular weight is 460 g/mol. The lowest BCUT2D eigenvalue weighted by molar-refractivity contribution is 0.0601. The van der Waals surface area contributed by atoms with Crippen LogP contribution in [0.15, 0.2) is 65.5 Å². The number of thiophene rings is 1. The Balaban J connectivity index is 1.90. The maximum Gasteiger partial charge on any atom is 0.341 e. The summed E-state index contributed by atoms with van der Waals surface area (Å²) in [4.78, 5) is 39.6. The molecular formula is C25H21N3O4S. The highest BCUT2D eigenvalue weighted by molar-refractivity contribution is 7.16. The number of H-pyrrole nitrogens is 1. The molecule has 2 aromatic carbocycles. The van der Waals surface area contributed by atoms with Gasteiger partial charge in [0.15, 0.2) is 0 Å². The van der Waals surface area contributed by atoms with Gasteiger partial charge in [-0.2, -0.15) is 5.10 Å². The van der Waals surface area contributed by atoms with Crippen molar-refractivity contribution in [1.29, 1.82) is 0 Å². The van der Waals surface area contributed by atoms with E-state index in [1.807, 2.05) is 67.6 Å². The van der Waals surface area contributed by atoms with Gasteiger partial charge >= 0.3 is 5.97 Å². The highest BCUT2D eigenvalue weighted by atomic mass is 32.1. The Labute approximate surface area is 194 Å². The monoisotopic (exact) mass is 459 g/mol. The van der Waals surface area contributed by atoms with E-state index in [-0.39, 0.29) is 11.1 Å². The van der Waals surface area contributed by atoms with Gasteiger partial charge in [-0.25, -0.2) is 9.89 Å². The molecule has 0 bridgehead atoms. The first-order valence-electron chi connectivity index (χ1n) is 10.2. The SMILES string of the molecule is COC(=O)c1c(NC(=O)c2c(-c3ccccc3)c(-c3ccccc3)n[nH]c2=O)sc(C)c1C. The number of aromatic nitrogens is 2. The van der Waals surface area contributed by atoms with Gasteiger partial charge in [-0.05, 0) is 25.0 Å². The highest BCUT2D eigenvalue weighted by Crippen LogP contribution is 2.35. The molecule has 0 fully saturated rings. The quantitative estimate of drug-likeness (QED) is 0.417. The van der Waals surface area contributed by atoms with Gasteiger partial charge in [0.25, 0.3) is 11.5 Å². The Morgan fingerprint density at radius 3 is 2.15 bits per heavy atom. The van der Waals surface area contributed by atoms with Crippen molar-refractivity contribution in [2.75, 3.05) is 12.4 Å². The Morgan fingerprint density at radius 2 is 1.55 bits per heavy atom. The molecule has 0 saturated heterocycles. The van der Waals surface area contributed by atoms with E-state index in [1.54, 1.807) is 6.92 Å². The summed E-state index contributed by atoms with van der Waals surface area (Å²) in [5, 5.41) is 9.81. The predicted octanol–water partition coefficient (Wildman–Crippen LogP) is 4.82. The molecule has 0 radical (unpaired) electrons. The zero-order chi connectivity index (χ0) is 23.5. The van der Waals surface area contributed by atoms with Crippen LogP contribution in [0.4, 0.5) is 5.00 Å². The zero-order valence-corrected chi connectivity index (χ0v) is 19.1. The number of nitrogens with one attached hydrogen (secondary N) is 2. The number of rotatable bonds is 5. The van der Waals surface area contributed by atoms with Crippen LogP contribution < -0.4 is 10.9 Å². The lowest BCUT2D eigenvalue weighted by Crippen LogP contribution is -2.26. The molecular weight excluding hydrogens is 438 g/mol. The first-order chi connectivity index (χ1) is 15.9. The Hall–Kier alpha value is -4.04. The molecule has 4 aromatic rings. The minimum Gasteiger partial charge on any atom is -0.465 e. The summed E-state index contributed by atoms with van der Waals surface area (Å²) in [6.07, 6.45) is 0. The molecule has 8 heteroatoms. The minimum absolute atomic E-state index is 0.0884. The summed E-state index contributed by atoms with van der Waals surface area (Å²) in [5.41, 5.74) is 2.59. The van der Waals surface area contributed by atoms with E-state index in [4.69, 9.17) is 4.74 Å². The van der Waals surface area contributed by atoms with Crippen molar-refractivity contribution >= 4 is 28.2 Å². The molecule has 33 heavy (non-hydrogen) atoms. The first-order valence-corrected chi connectivity index (χ1v) is 11.0. The summed E-state index contributed by atoms with van der Waals surface area (Å²) in [5.74, 6) is -1.19. The fourth-order valence-corrected chi connectivity index (χ4v) is 4.63. The molecule has 0 aliphatic heterocycles. The van der Waals surface area contributed by atoms with Crippen LogP contribution in [-0.2, 0) is 4.74 Å². The number of hydrogen-bond donors (Lipinski definition) is 2. The van der Waals surface area contributed by atoms with Crippen molar-refractivity contribution < 1.29 is 14.3 Å².